The van der Waals surface area contributed by atoms with Crippen molar-refractivity contribution in [1.29, 1.82) is 0 Å². The van der Waals surface area contributed by atoms with Gasteiger partial charge in [0.1, 0.15) is 0 Å². The van der Waals surface area contributed by atoms with Gasteiger partial charge in [0.15, 0.2) is 0 Å². The maximum Gasteiger partial charge on any atom is 3.00 e. The molecule has 0 N–H and O–H groups in total. The van der Waals surface area contributed by atoms with Crippen molar-refractivity contribution in [3.8, 4) is 0 Å². The second-order valence-electron chi connectivity index (χ2n) is 5.75. The topological polar surface area (TPSA) is 52.6 Å². The van der Waals surface area contributed by atoms with E-state index in [4.69, 9.17) is 23.7 Å². The van der Waals surface area contributed by atoms with Gasteiger partial charge in [-0.1, -0.05) is 0 Å². The summed E-state index contributed by atoms with van der Waals surface area (Å²) in [6.07, 6.45) is 0. The quantitative estimate of drug-likeness (QED) is 0.498. The summed E-state index contributed by atoms with van der Waals surface area (Å²) >= 11 is 0. The van der Waals surface area contributed by atoms with Gasteiger partial charge < -0.3 is 23.7 Å². The smallest absolute Gasteiger partial charge is 0.379 e. The summed E-state index contributed by atoms with van der Waals surface area (Å²) in [5.41, 5.74) is 0. The Morgan fingerprint density at radius 1 is 0.333 bits per heavy atom. The van der Waals surface area contributed by atoms with Crippen LogP contribution in [-0.4, -0.2) is 115 Å². The Bertz CT molecular complexity index is 243. The number of fused-ring (bicyclic) bond motifs is 6. The molecule has 0 aromatic carbocycles. The molecule has 24 heavy (non-hydrogen) atoms. The summed E-state index contributed by atoms with van der Waals surface area (Å²) < 4.78 is 28.4. The minimum atomic E-state index is 0. The molecule has 0 saturated carbocycles. The van der Waals surface area contributed by atoms with Crippen LogP contribution in [0.5, 0.6) is 0 Å². The first-order valence-corrected chi connectivity index (χ1v) is 8.78. The van der Waals surface area contributed by atoms with E-state index in [-0.39, 0.29) is 32.7 Å². The summed E-state index contributed by atoms with van der Waals surface area (Å²) in [4.78, 5) is 4.66. The van der Waals surface area contributed by atoms with E-state index in [9.17, 15) is 0 Å². The zero-order valence-electron chi connectivity index (χ0n) is 14.8. The Labute approximate surface area is 171 Å². The van der Waals surface area contributed by atoms with E-state index in [1.807, 2.05) is 0 Å². The van der Waals surface area contributed by atoms with Crippen molar-refractivity contribution in [2.75, 3.05) is 105 Å². The molecule has 0 spiro atoms. The summed E-state index contributed by atoms with van der Waals surface area (Å²) in [5.74, 6) is 0. The molecule has 0 amide bonds. The average Bonchev–Trinajstić information content (AvgIpc) is 2.57. The third-order valence-electron chi connectivity index (χ3n) is 4.06. The maximum atomic E-state index is 5.80. The SMILES string of the molecule is C1COCCN2CCOCCOCCN(CCO1)CCOCC2.[Y+3]. The van der Waals surface area contributed by atoms with Gasteiger partial charge in [0, 0.05) is 39.3 Å². The van der Waals surface area contributed by atoms with Crippen LogP contribution in [0.4, 0.5) is 0 Å². The molecule has 0 aliphatic carbocycles. The Hall–Kier alpha value is 0.824. The van der Waals surface area contributed by atoms with Crippen LogP contribution in [0, 0.1) is 0 Å². The van der Waals surface area contributed by atoms with Gasteiger partial charge in [-0.05, 0) is 0 Å². The normalized spacial score (nSPS) is 30.0. The number of ether oxygens (including phenoxy) is 5. The number of hydrogen-bond donors (Lipinski definition) is 0. The van der Waals surface area contributed by atoms with Crippen LogP contribution in [0.25, 0.3) is 0 Å². The molecule has 2 bridgehead atoms. The van der Waals surface area contributed by atoms with Crippen LogP contribution >= 0.6 is 0 Å². The molecule has 0 unspecified atom stereocenters. The first-order chi connectivity index (χ1) is 11.4. The molecule has 0 aromatic heterocycles. The van der Waals surface area contributed by atoms with Crippen LogP contribution < -0.4 is 0 Å². The number of rotatable bonds is 0. The zero-order valence-corrected chi connectivity index (χ0v) is 17.7. The molecule has 2 heterocycles. The number of hydrogen-bond acceptors (Lipinski definition) is 7. The molecule has 8 heteroatoms. The van der Waals surface area contributed by atoms with Gasteiger partial charge in [-0.3, -0.25) is 9.80 Å². The van der Waals surface area contributed by atoms with E-state index in [2.05, 4.69) is 9.80 Å². The fourth-order valence-corrected chi connectivity index (χ4v) is 2.58. The molecule has 2 aliphatic rings. The molecule has 2 rings (SSSR count). The van der Waals surface area contributed by atoms with Crippen LogP contribution in [0.15, 0.2) is 0 Å². The van der Waals surface area contributed by atoms with Crippen LogP contribution in [-0.2, 0) is 56.4 Å². The minimum absolute atomic E-state index is 0. The molecule has 0 atom stereocenters. The first kappa shape index (κ1) is 22.9. The van der Waals surface area contributed by atoms with Crippen molar-refractivity contribution in [2.24, 2.45) is 0 Å². The van der Waals surface area contributed by atoms with E-state index >= 15 is 0 Å². The van der Waals surface area contributed by atoms with Crippen molar-refractivity contribution in [3.05, 3.63) is 0 Å². The monoisotopic (exact) mass is 421 g/mol. The van der Waals surface area contributed by atoms with Gasteiger partial charge in [0.05, 0.1) is 66.1 Å². The van der Waals surface area contributed by atoms with Gasteiger partial charge in [-0.2, -0.15) is 0 Å². The van der Waals surface area contributed by atoms with Crippen LogP contribution in [0.3, 0.4) is 0 Å². The summed E-state index contributed by atoms with van der Waals surface area (Å²) in [7, 11) is 0. The largest absolute Gasteiger partial charge is 3.00 e. The van der Waals surface area contributed by atoms with Gasteiger partial charge >= 0.3 is 32.7 Å². The predicted octanol–water partition coefficient (Wildman–Crippen LogP) is -0.302. The maximum absolute atomic E-state index is 5.80. The van der Waals surface area contributed by atoms with Crippen molar-refractivity contribution in [1.82, 2.24) is 9.80 Å². The molecular formula is C16H32N2O5Y+3. The zero-order chi connectivity index (χ0) is 16.0. The summed E-state index contributed by atoms with van der Waals surface area (Å²) in [5, 5.41) is 0. The van der Waals surface area contributed by atoms with E-state index in [0.717, 1.165) is 78.9 Å². The molecule has 2 saturated heterocycles. The van der Waals surface area contributed by atoms with Crippen molar-refractivity contribution in [3.63, 3.8) is 0 Å². The predicted molar refractivity (Wildman–Crippen MR) is 87.0 cm³/mol. The third-order valence-corrected chi connectivity index (χ3v) is 4.06. The van der Waals surface area contributed by atoms with Gasteiger partial charge in [-0.25, -0.2) is 0 Å². The molecule has 2 fully saturated rings. The van der Waals surface area contributed by atoms with E-state index in [1.165, 1.54) is 0 Å². The molecule has 7 nitrogen and oxygen atoms in total. The summed E-state index contributed by atoms with van der Waals surface area (Å²) in [6, 6.07) is 0. The Morgan fingerprint density at radius 2 is 0.542 bits per heavy atom. The molecular weight excluding hydrogens is 389 g/mol. The molecule has 2 aliphatic heterocycles. The Morgan fingerprint density at radius 3 is 0.792 bits per heavy atom. The molecule has 136 valence electrons. The first-order valence-electron chi connectivity index (χ1n) is 8.78. The molecule has 0 radical (unpaired) electrons. The third kappa shape index (κ3) is 11.4. The van der Waals surface area contributed by atoms with Crippen molar-refractivity contribution >= 4 is 0 Å². The standard InChI is InChI=1S/C16H32N2O5.Y/c1-7-19-8-2-18-5-11-22-15-13-20-9-3-17(1)4-10-21-14-16-23-12-6-18;/h1-16H2;/q;+3. The minimum Gasteiger partial charge on any atom is -0.379 e. The van der Waals surface area contributed by atoms with Crippen molar-refractivity contribution in [2.45, 2.75) is 0 Å². The van der Waals surface area contributed by atoms with E-state index < -0.39 is 0 Å². The van der Waals surface area contributed by atoms with Crippen molar-refractivity contribution < 1.29 is 56.4 Å². The second-order valence-corrected chi connectivity index (χ2v) is 5.75. The van der Waals surface area contributed by atoms with Gasteiger partial charge in [-0.15, -0.1) is 0 Å². The number of nitrogens with zero attached hydrogens (tertiary/aromatic N) is 2. The van der Waals surface area contributed by atoms with E-state index in [0.29, 0.717) is 26.4 Å². The Kier molecular flexibility index (Phi) is 15.3. The van der Waals surface area contributed by atoms with E-state index in [1.54, 1.807) is 0 Å². The molecule has 0 aromatic rings. The fourth-order valence-electron chi connectivity index (χ4n) is 2.58. The van der Waals surface area contributed by atoms with Gasteiger partial charge in [0.25, 0.3) is 0 Å². The second kappa shape index (κ2) is 16.0. The van der Waals surface area contributed by atoms with Crippen LogP contribution in [0.2, 0.25) is 0 Å². The fraction of sp³-hybridized carbons (Fsp3) is 1.00. The average molecular weight is 421 g/mol. The van der Waals surface area contributed by atoms with Crippen LogP contribution in [0.1, 0.15) is 0 Å². The summed E-state index contributed by atoms with van der Waals surface area (Å²) in [6.45, 7) is 12.4. The van der Waals surface area contributed by atoms with Gasteiger partial charge in [0.2, 0.25) is 0 Å². The Balaban J connectivity index is 0.00000288.